The molecule has 2 aromatic carbocycles. The van der Waals surface area contributed by atoms with E-state index < -0.39 is 10.0 Å². The first-order chi connectivity index (χ1) is 10.8. The lowest BCUT2D eigenvalue weighted by molar-refractivity contribution is 0.592. The fourth-order valence-corrected chi connectivity index (χ4v) is 3.63. The molecule has 3 N–H and O–H groups in total. The van der Waals surface area contributed by atoms with Crippen LogP contribution in [0, 0.1) is 13.8 Å². The number of rotatable bonds is 6. The van der Waals surface area contributed by atoms with Crippen LogP contribution in [0.3, 0.4) is 0 Å². The molecule has 0 saturated heterocycles. The Morgan fingerprint density at radius 3 is 2.43 bits per heavy atom. The Labute approximate surface area is 138 Å². The number of aryl methyl sites for hydroxylation is 2. The predicted octanol–water partition coefficient (Wildman–Crippen LogP) is 3.56. The molecule has 5 heteroatoms. The molecule has 0 heterocycles. The van der Waals surface area contributed by atoms with Crippen LogP contribution in [-0.4, -0.2) is 15.0 Å². The van der Waals surface area contributed by atoms with E-state index in [1.165, 1.54) is 11.1 Å². The maximum Gasteiger partial charge on any atom is 0.238 e. The summed E-state index contributed by atoms with van der Waals surface area (Å²) in [6.07, 6.45) is 0.824. The second-order valence-corrected chi connectivity index (χ2v) is 7.42. The van der Waals surface area contributed by atoms with Crippen LogP contribution in [0.1, 0.15) is 36.0 Å². The summed E-state index contributed by atoms with van der Waals surface area (Å²) in [7, 11) is -3.71. The fourth-order valence-electron chi connectivity index (χ4n) is 2.80. The highest BCUT2D eigenvalue weighted by Crippen LogP contribution is 2.27. The van der Waals surface area contributed by atoms with Gasteiger partial charge < -0.3 is 5.32 Å². The molecule has 0 radical (unpaired) electrons. The van der Waals surface area contributed by atoms with Gasteiger partial charge in [-0.15, -0.1) is 0 Å². The van der Waals surface area contributed by atoms with E-state index in [2.05, 4.69) is 37.4 Å². The molecule has 0 spiro atoms. The number of hydrogen-bond donors (Lipinski definition) is 2. The van der Waals surface area contributed by atoms with Gasteiger partial charge in [-0.1, -0.05) is 42.8 Å². The molecular weight excluding hydrogens is 308 g/mol. The number of hydrogen-bond acceptors (Lipinski definition) is 3. The number of benzene rings is 2. The van der Waals surface area contributed by atoms with Gasteiger partial charge in [0.25, 0.3) is 0 Å². The van der Waals surface area contributed by atoms with E-state index in [-0.39, 0.29) is 10.8 Å². The molecule has 0 aliphatic rings. The number of nitrogens with two attached hydrogens (primary N) is 1. The summed E-state index contributed by atoms with van der Waals surface area (Å²) >= 11 is 0. The molecule has 0 saturated carbocycles. The first-order valence-electron chi connectivity index (χ1n) is 7.75. The van der Waals surface area contributed by atoms with Crippen molar-refractivity contribution in [2.75, 3.05) is 11.9 Å². The minimum absolute atomic E-state index is 0.0743. The summed E-state index contributed by atoms with van der Waals surface area (Å²) in [6.45, 7) is 6.84. The van der Waals surface area contributed by atoms with E-state index in [4.69, 9.17) is 5.14 Å². The van der Waals surface area contributed by atoms with Crippen LogP contribution in [0.4, 0.5) is 5.69 Å². The van der Waals surface area contributed by atoms with Crippen LogP contribution < -0.4 is 10.5 Å². The number of primary sulfonamides is 1. The van der Waals surface area contributed by atoms with Gasteiger partial charge in [0.05, 0.1) is 4.90 Å². The van der Waals surface area contributed by atoms with E-state index in [1.54, 1.807) is 12.1 Å². The standard InChI is InChI=1S/C18H24N2O2S/c1-4-15(12-20-17-10-9-13(2)11-14(17)3)16-7-5-6-8-18(16)23(19,21)22/h5-11,15,20H,4,12H2,1-3H3,(H2,19,21,22)/t15-/m1/s1. The van der Waals surface area contributed by atoms with E-state index in [1.807, 2.05) is 19.1 Å². The largest absolute Gasteiger partial charge is 0.384 e. The van der Waals surface area contributed by atoms with Crippen LogP contribution in [0.15, 0.2) is 47.4 Å². The Hall–Kier alpha value is -1.85. The quantitative estimate of drug-likeness (QED) is 0.849. The third-order valence-electron chi connectivity index (χ3n) is 4.08. The lowest BCUT2D eigenvalue weighted by Crippen LogP contribution is -2.19. The number of anilines is 1. The Morgan fingerprint density at radius 1 is 1.13 bits per heavy atom. The van der Waals surface area contributed by atoms with Gasteiger partial charge in [0.1, 0.15) is 0 Å². The van der Waals surface area contributed by atoms with Crippen molar-refractivity contribution in [3.8, 4) is 0 Å². The highest BCUT2D eigenvalue weighted by atomic mass is 32.2. The summed E-state index contributed by atoms with van der Waals surface area (Å²) in [6, 6.07) is 13.2. The molecule has 0 fully saturated rings. The summed E-state index contributed by atoms with van der Waals surface area (Å²) in [5.74, 6) is 0.0743. The van der Waals surface area contributed by atoms with Gasteiger partial charge in [-0.05, 0) is 43.5 Å². The molecule has 4 nitrogen and oxygen atoms in total. The fraction of sp³-hybridized carbons (Fsp3) is 0.333. The van der Waals surface area contributed by atoms with E-state index in [9.17, 15) is 8.42 Å². The van der Waals surface area contributed by atoms with Crippen molar-refractivity contribution in [3.05, 3.63) is 59.2 Å². The lowest BCUT2D eigenvalue weighted by Gasteiger charge is -2.20. The monoisotopic (exact) mass is 332 g/mol. The average molecular weight is 332 g/mol. The molecule has 2 rings (SSSR count). The number of sulfonamides is 1. The van der Waals surface area contributed by atoms with Gasteiger partial charge in [0.2, 0.25) is 10.0 Å². The molecule has 0 unspecified atom stereocenters. The SMILES string of the molecule is CC[C@H](CNc1ccc(C)cc1C)c1ccccc1S(N)(=O)=O. The first kappa shape index (κ1) is 17.5. The highest BCUT2D eigenvalue weighted by Gasteiger charge is 2.19. The molecule has 0 amide bonds. The van der Waals surface area contributed by atoms with Crippen molar-refractivity contribution in [3.63, 3.8) is 0 Å². The van der Waals surface area contributed by atoms with Gasteiger partial charge in [-0.3, -0.25) is 0 Å². The zero-order valence-electron chi connectivity index (χ0n) is 13.8. The maximum atomic E-state index is 11.8. The minimum Gasteiger partial charge on any atom is -0.384 e. The lowest BCUT2D eigenvalue weighted by atomic mass is 9.96. The Balaban J connectivity index is 2.24. The topological polar surface area (TPSA) is 72.2 Å². The smallest absolute Gasteiger partial charge is 0.238 e. The van der Waals surface area contributed by atoms with Crippen molar-refractivity contribution >= 4 is 15.7 Å². The van der Waals surface area contributed by atoms with E-state index in [0.29, 0.717) is 6.54 Å². The second kappa shape index (κ2) is 7.15. The third kappa shape index (κ3) is 4.33. The Kier molecular flexibility index (Phi) is 5.44. The highest BCUT2D eigenvalue weighted by molar-refractivity contribution is 7.89. The van der Waals surface area contributed by atoms with Crippen LogP contribution in [-0.2, 0) is 10.0 Å². The van der Waals surface area contributed by atoms with Crippen molar-refractivity contribution in [1.29, 1.82) is 0 Å². The van der Waals surface area contributed by atoms with E-state index in [0.717, 1.165) is 17.7 Å². The first-order valence-corrected chi connectivity index (χ1v) is 9.30. The summed E-state index contributed by atoms with van der Waals surface area (Å²) in [5.41, 5.74) is 4.25. The normalized spacial score (nSPS) is 12.9. The van der Waals surface area contributed by atoms with Crippen LogP contribution in [0.2, 0.25) is 0 Å². The molecule has 0 bridgehead atoms. The Bertz CT molecular complexity index is 785. The molecule has 0 aliphatic carbocycles. The maximum absolute atomic E-state index is 11.8. The van der Waals surface area contributed by atoms with Gasteiger partial charge in [0.15, 0.2) is 0 Å². The molecule has 2 aromatic rings. The van der Waals surface area contributed by atoms with Crippen molar-refractivity contribution in [2.45, 2.75) is 38.0 Å². The second-order valence-electron chi connectivity index (χ2n) is 5.89. The van der Waals surface area contributed by atoms with E-state index >= 15 is 0 Å². The zero-order valence-corrected chi connectivity index (χ0v) is 14.7. The van der Waals surface area contributed by atoms with Gasteiger partial charge >= 0.3 is 0 Å². The third-order valence-corrected chi connectivity index (χ3v) is 5.06. The summed E-state index contributed by atoms with van der Waals surface area (Å²) in [4.78, 5) is 0.217. The summed E-state index contributed by atoms with van der Waals surface area (Å²) in [5, 5.41) is 8.78. The van der Waals surface area contributed by atoms with Gasteiger partial charge in [0, 0.05) is 18.2 Å². The van der Waals surface area contributed by atoms with Crippen LogP contribution >= 0.6 is 0 Å². The van der Waals surface area contributed by atoms with Crippen LogP contribution in [0.25, 0.3) is 0 Å². The van der Waals surface area contributed by atoms with Crippen LogP contribution in [0.5, 0.6) is 0 Å². The zero-order chi connectivity index (χ0) is 17.0. The minimum atomic E-state index is -3.71. The van der Waals surface area contributed by atoms with Crippen molar-refractivity contribution < 1.29 is 8.42 Å². The molecule has 1 atom stereocenters. The predicted molar refractivity (Wildman–Crippen MR) is 95.3 cm³/mol. The molecule has 23 heavy (non-hydrogen) atoms. The molecular formula is C18H24N2O2S. The van der Waals surface area contributed by atoms with Crippen molar-refractivity contribution in [1.82, 2.24) is 0 Å². The van der Waals surface area contributed by atoms with Crippen molar-refractivity contribution in [2.24, 2.45) is 5.14 Å². The molecule has 0 aliphatic heterocycles. The molecule has 124 valence electrons. The van der Waals surface area contributed by atoms with Gasteiger partial charge in [-0.25, -0.2) is 13.6 Å². The average Bonchev–Trinajstić information content (AvgIpc) is 2.49. The van der Waals surface area contributed by atoms with Gasteiger partial charge in [-0.2, -0.15) is 0 Å². The molecule has 0 aromatic heterocycles. The summed E-state index contributed by atoms with van der Waals surface area (Å²) < 4.78 is 23.6. The number of nitrogens with one attached hydrogen (secondary N) is 1. The Morgan fingerprint density at radius 2 is 1.83 bits per heavy atom.